The van der Waals surface area contributed by atoms with Crippen molar-refractivity contribution in [2.45, 2.75) is 31.6 Å². The topological polar surface area (TPSA) is 54.9 Å². The number of rotatable bonds is 8. The van der Waals surface area contributed by atoms with E-state index >= 15 is 0 Å². The Balaban J connectivity index is 2.01. The molecule has 1 aromatic rings. The number of hydrogen-bond donors (Lipinski definition) is 2. The standard InChI is InChI=1S/C19H29Cl2N3O2/c1-3-25-10-4-9-23-18(22-2)24-14-19(7-11-26-12-8-19)16-6-5-15(20)13-17(16)21/h5-6,13H,3-4,7-12,14H2,1-2H3,(H2,22,23,24). The molecule has 0 aliphatic carbocycles. The van der Waals surface area contributed by atoms with E-state index in [1.165, 1.54) is 0 Å². The lowest BCUT2D eigenvalue weighted by Gasteiger charge is -2.39. The molecule has 1 fully saturated rings. The van der Waals surface area contributed by atoms with Gasteiger partial charge in [-0.05, 0) is 43.9 Å². The Kier molecular flexibility index (Phi) is 8.99. The van der Waals surface area contributed by atoms with Crippen LogP contribution in [0, 0.1) is 0 Å². The van der Waals surface area contributed by atoms with E-state index in [0.717, 1.165) is 70.3 Å². The van der Waals surface area contributed by atoms with Crippen molar-refractivity contribution in [2.75, 3.05) is 46.6 Å². The van der Waals surface area contributed by atoms with E-state index in [2.05, 4.69) is 15.6 Å². The number of ether oxygens (including phenoxy) is 2. The fraction of sp³-hybridized carbons (Fsp3) is 0.632. The van der Waals surface area contributed by atoms with Gasteiger partial charge in [-0.3, -0.25) is 4.99 Å². The highest BCUT2D eigenvalue weighted by Gasteiger charge is 2.36. The maximum absolute atomic E-state index is 6.52. The van der Waals surface area contributed by atoms with Crippen molar-refractivity contribution < 1.29 is 9.47 Å². The molecule has 1 heterocycles. The summed E-state index contributed by atoms with van der Waals surface area (Å²) in [5.74, 6) is 0.789. The molecule has 1 aromatic carbocycles. The van der Waals surface area contributed by atoms with Crippen molar-refractivity contribution in [3.63, 3.8) is 0 Å². The van der Waals surface area contributed by atoms with E-state index < -0.39 is 0 Å². The smallest absolute Gasteiger partial charge is 0.191 e. The van der Waals surface area contributed by atoms with Gasteiger partial charge in [0.15, 0.2) is 5.96 Å². The zero-order valence-corrected chi connectivity index (χ0v) is 17.1. The molecule has 1 saturated heterocycles. The van der Waals surface area contributed by atoms with Crippen LogP contribution in [0.25, 0.3) is 0 Å². The number of nitrogens with one attached hydrogen (secondary N) is 2. The highest BCUT2D eigenvalue weighted by molar-refractivity contribution is 6.35. The van der Waals surface area contributed by atoms with Crippen molar-refractivity contribution in [1.82, 2.24) is 10.6 Å². The molecule has 2 N–H and O–H groups in total. The number of nitrogens with zero attached hydrogens (tertiary/aromatic N) is 1. The van der Waals surface area contributed by atoms with Gasteiger partial charge in [0.1, 0.15) is 0 Å². The van der Waals surface area contributed by atoms with Crippen LogP contribution in [0.4, 0.5) is 0 Å². The van der Waals surface area contributed by atoms with Gasteiger partial charge in [-0.15, -0.1) is 0 Å². The molecule has 26 heavy (non-hydrogen) atoms. The lowest BCUT2D eigenvalue weighted by molar-refractivity contribution is 0.0514. The van der Waals surface area contributed by atoms with Gasteiger partial charge in [-0.25, -0.2) is 0 Å². The van der Waals surface area contributed by atoms with E-state index in [-0.39, 0.29) is 5.41 Å². The van der Waals surface area contributed by atoms with Crippen LogP contribution in [-0.4, -0.2) is 52.5 Å². The Morgan fingerprint density at radius 3 is 2.69 bits per heavy atom. The van der Waals surface area contributed by atoms with Crippen molar-refractivity contribution in [1.29, 1.82) is 0 Å². The van der Waals surface area contributed by atoms with Crippen LogP contribution in [-0.2, 0) is 14.9 Å². The number of halogens is 2. The first-order chi connectivity index (χ1) is 12.6. The number of aliphatic imine (C=N–C) groups is 1. The maximum atomic E-state index is 6.52. The van der Waals surface area contributed by atoms with Crippen molar-refractivity contribution in [3.05, 3.63) is 33.8 Å². The molecule has 5 nitrogen and oxygen atoms in total. The van der Waals surface area contributed by atoms with E-state index in [1.807, 2.05) is 25.1 Å². The molecule has 0 saturated carbocycles. The molecule has 146 valence electrons. The number of hydrogen-bond acceptors (Lipinski definition) is 3. The highest BCUT2D eigenvalue weighted by Crippen LogP contribution is 2.39. The monoisotopic (exact) mass is 401 g/mol. The average molecular weight is 402 g/mol. The third-order valence-electron chi connectivity index (χ3n) is 4.73. The van der Waals surface area contributed by atoms with Gasteiger partial charge in [0.25, 0.3) is 0 Å². The summed E-state index contributed by atoms with van der Waals surface area (Å²) in [6.45, 7) is 6.51. The Morgan fingerprint density at radius 1 is 1.27 bits per heavy atom. The Bertz CT molecular complexity index is 590. The van der Waals surface area contributed by atoms with Gasteiger partial charge in [-0.2, -0.15) is 0 Å². The van der Waals surface area contributed by atoms with Gasteiger partial charge in [-0.1, -0.05) is 29.3 Å². The van der Waals surface area contributed by atoms with Crippen molar-refractivity contribution in [2.24, 2.45) is 4.99 Å². The second-order valence-corrected chi connectivity index (χ2v) is 7.26. The van der Waals surface area contributed by atoms with Crippen LogP contribution in [0.3, 0.4) is 0 Å². The second-order valence-electron chi connectivity index (χ2n) is 6.42. The molecule has 1 aliphatic rings. The van der Waals surface area contributed by atoms with Crippen LogP contribution < -0.4 is 10.6 Å². The quantitative estimate of drug-likeness (QED) is 0.396. The molecule has 0 bridgehead atoms. The van der Waals surface area contributed by atoms with E-state index in [1.54, 1.807) is 7.05 Å². The minimum Gasteiger partial charge on any atom is -0.382 e. The molecule has 0 radical (unpaired) electrons. The largest absolute Gasteiger partial charge is 0.382 e. The zero-order chi connectivity index (χ0) is 18.8. The molecule has 0 atom stereocenters. The molecule has 7 heteroatoms. The highest BCUT2D eigenvalue weighted by atomic mass is 35.5. The number of guanidine groups is 1. The van der Waals surface area contributed by atoms with Crippen LogP contribution in [0.1, 0.15) is 31.7 Å². The normalized spacial score (nSPS) is 17.2. The minimum atomic E-state index is -0.0944. The summed E-state index contributed by atoms with van der Waals surface area (Å²) in [4.78, 5) is 4.32. The van der Waals surface area contributed by atoms with Gasteiger partial charge < -0.3 is 20.1 Å². The fourth-order valence-electron chi connectivity index (χ4n) is 3.22. The minimum absolute atomic E-state index is 0.0944. The Morgan fingerprint density at radius 2 is 2.04 bits per heavy atom. The van der Waals surface area contributed by atoms with Crippen LogP contribution in [0.5, 0.6) is 0 Å². The summed E-state index contributed by atoms with van der Waals surface area (Å²) in [6, 6.07) is 5.76. The van der Waals surface area contributed by atoms with Crippen molar-refractivity contribution >= 4 is 29.2 Å². The SMILES string of the molecule is CCOCCCNC(=NC)NCC1(c2ccc(Cl)cc2Cl)CCOCC1. The molecule has 0 spiro atoms. The summed E-state index contributed by atoms with van der Waals surface area (Å²) >= 11 is 12.6. The van der Waals surface area contributed by atoms with Crippen LogP contribution in [0.2, 0.25) is 10.0 Å². The number of benzene rings is 1. The molecule has 1 aliphatic heterocycles. The van der Waals surface area contributed by atoms with Crippen LogP contribution in [0.15, 0.2) is 23.2 Å². The predicted octanol–water partition coefficient (Wildman–Crippen LogP) is 3.63. The molecular formula is C19H29Cl2N3O2. The molecule has 0 amide bonds. The summed E-state index contributed by atoms with van der Waals surface area (Å²) in [5.41, 5.74) is 1.02. The summed E-state index contributed by atoms with van der Waals surface area (Å²) in [6.07, 6.45) is 2.75. The van der Waals surface area contributed by atoms with E-state index in [9.17, 15) is 0 Å². The molecular weight excluding hydrogens is 373 g/mol. The molecule has 0 aromatic heterocycles. The summed E-state index contributed by atoms with van der Waals surface area (Å²) < 4.78 is 10.9. The first-order valence-electron chi connectivity index (χ1n) is 9.17. The first-order valence-corrected chi connectivity index (χ1v) is 9.92. The zero-order valence-electron chi connectivity index (χ0n) is 15.6. The van der Waals surface area contributed by atoms with Crippen LogP contribution >= 0.6 is 23.2 Å². The van der Waals surface area contributed by atoms with Crippen molar-refractivity contribution in [3.8, 4) is 0 Å². The molecule has 0 unspecified atom stereocenters. The van der Waals surface area contributed by atoms with E-state index in [4.69, 9.17) is 32.7 Å². The van der Waals surface area contributed by atoms with Gasteiger partial charge in [0.2, 0.25) is 0 Å². The third kappa shape index (κ3) is 6.02. The van der Waals surface area contributed by atoms with E-state index in [0.29, 0.717) is 10.0 Å². The summed E-state index contributed by atoms with van der Waals surface area (Å²) in [7, 11) is 1.78. The lowest BCUT2D eigenvalue weighted by atomic mass is 9.74. The summed E-state index contributed by atoms with van der Waals surface area (Å²) in [5, 5.41) is 8.16. The predicted molar refractivity (Wildman–Crippen MR) is 109 cm³/mol. The maximum Gasteiger partial charge on any atom is 0.191 e. The fourth-order valence-corrected chi connectivity index (χ4v) is 3.83. The molecule has 2 rings (SSSR count). The third-order valence-corrected chi connectivity index (χ3v) is 5.28. The lowest BCUT2D eigenvalue weighted by Crippen LogP contribution is -2.48. The second kappa shape index (κ2) is 11.0. The van der Waals surface area contributed by atoms with Gasteiger partial charge >= 0.3 is 0 Å². The van der Waals surface area contributed by atoms with Gasteiger partial charge in [0, 0.05) is 62.0 Å². The first kappa shape index (κ1) is 21.3. The Hall–Kier alpha value is -1.01. The average Bonchev–Trinajstić information content (AvgIpc) is 2.64. The Labute approximate surface area is 166 Å². The van der Waals surface area contributed by atoms with Gasteiger partial charge in [0.05, 0.1) is 0 Å².